The van der Waals surface area contributed by atoms with E-state index >= 15 is 0 Å². The lowest BCUT2D eigenvalue weighted by Crippen LogP contribution is -2.21. The van der Waals surface area contributed by atoms with Gasteiger partial charge in [0.25, 0.3) is 0 Å². The Kier molecular flexibility index (Phi) is 4.77. The van der Waals surface area contributed by atoms with Crippen molar-refractivity contribution in [3.63, 3.8) is 0 Å². The van der Waals surface area contributed by atoms with Gasteiger partial charge in [-0.3, -0.25) is 4.98 Å². The van der Waals surface area contributed by atoms with Crippen LogP contribution in [-0.2, 0) is 16.4 Å². The average Bonchev–Trinajstić information content (AvgIpc) is 2.49. The van der Waals surface area contributed by atoms with Crippen LogP contribution in [0.15, 0.2) is 47.5 Å². The number of rotatable bonds is 6. The molecule has 2 aromatic rings. The summed E-state index contributed by atoms with van der Waals surface area (Å²) in [5.41, 5.74) is 7.54. The van der Waals surface area contributed by atoms with E-state index in [4.69, 9.17) is 5.73 Å². The second kappa shape index (κ2) is 6.55. The lowest BCUT2D eigenvalue weighted by Gasteiger charge is -2.12. The summed E-state index contributed by atoms with van der Waals surface area (Å²) in [6.07, 6.45) is 2.43. The Morgan fingerprint density at radius 1 is 1.24 bits per heavy atom. The molecular formula is C14H18N4O2S. The van der Waals surface area contributed by atoms with Gasteiger partial charge in [-0.15, -0.1) is 0 Å². The van der Waals surface area contributed by atoms with E-state index < -0.39 is 10.0 Å². The normalized spacial score (nSPS) is 11.3. The van der Waals surface area contributed by atoms with Crippen LogP contribution in [0.25, 0.3) is 0 Å². The molecule has 0 aliphatic rings. The first-order valence-electron chi connectivity index (χ1n) is 6.50. The summed E-state index contributed by atoms with van der Waals surface area (Å²) in [4.78, 5) is 4.37. The molecule has 112 valence electrons. The number of sulfonamides is 1. The summed E-state index contributed by atoms with van der Waals surface area (Å²) in [5.74, 6) is 0. The Hall–Kier alpha value is -2.12. The highest BCUT2D eigenvalue weighted by Gasteiger charge is 2.16. The highest BCUT2D eigenvalue weighted by molar-refractivity contribution is 7.89. The molecule has 0 atom stereocenters. The van der Waals surface area contributed by atoms with E-state index in [0.29, 0.717) is 24.3 Å². The molecule has 1 aromatic carbocycles. The highest BCUT2D eigenvalue weighted by Crippen LogP contribution is 2.23. The van der Waals surface area contributed by atoms with Crippen molar-refractivity contribution in [2.24, 2.45) is 0 Å². The third kappa shape index (κ3) is 3.93. The zero-order valence-corrected chi connectivity index (χ0v) is 12.5. The molecule has 4 N–H and O–H groups in total. The zero-order valence-electron chi connectivity index (χ0n) is 11.7. The predicted octanol–water partition coefficient (Wildman–Crippen LogP) is 1.23. The van der Waals surface area contributed by atoms with Gasteiger partial charge in [0.05, 0.1) is 5.69 Å². The van der Waals surface area contributed by atoms with Gasteiger partial charge in [0.1, 0.15) is 4.90 Å². The van der Waals surface area contributed by atoms with Gasteiger partial charge < -0.3 is 11.1 Å². The van der Waals surface area contributed by atoms with Crippen molar-refractivity contribution in [1.82, 2.24) is 9.71 Å². The van der Waals surface area contributed by atoms with Crippen LogP contribution < -0.4 is 15.8 Å². The smallest absolute Gasteiger partial charge is 0.242 e. The van der Waals surface area contributed by atoms with Crippen molar-refractivity contribution in [2.45, 2.75) is 11.3 Å². The molecule has 0 spiro atoms. The van der Waals surface area contributed by atoms with Gasteiger partial charge in [-0.2, -0.15) is 0 Å². The Balaban J connectivity index is 2.13. The van der Waals surface area contributed by atoms with Crippen molar-refractivity contribution in [2.75, 3.05) is 24.6 Å². The number of nitrogens with one attached hydrogen (secondary N) is 2. The van der Waals surface area contributed by atoms with Gasteiger partial charge in [-0.25, -0.2) is 13.1 Å². The first-order chi connectivity index (χ1) is 10.0. The molecule has 0 fully saturated rings. The quantitative estimate of drug-likeness (QED) is 0.697. The summed E-state index contributed by atoms with van der Waals surface area (Å²) < 4.78 is 26.3. The molecule has 1 aromatic heterocycles. The van der Waals surface area contributed by atoms with E-state index in [1.807, 2.05) is 18.2 Å². The maximum Gasteiger partial charge on any atom is 0.242 e. The molecule has 0 radical (unpaired) electrons. The number of aromatic nitrogens is 1. The number of pyridine rings is 1. The largest absolute Gasteiger partial charge is 0.399 e. The molecule has 0 unspecified atom stereocenters. The molecule has 0 aliphatic carbocycles. The predicted molar refractivity (Wildman–Crippen MR) is 83.5 cm³/mol. The first-order valence-corrected chi connectivity index (χ1v) is 7.98. The van der Waals surface area contributed by atoms with Crippen LogP contribution in [-0.4, -0.2) is 27.0 Å². The Labute approximate surface area is 124 Å². The molecule has 0 saturated carbocycles. The third-order valence-electron chi connectivity index (χ3n) is 2.99. The monoisotopic (exact) mass is 306 g/mol. The lowest BCUT2D eigenvalue weighted by molar-refractivity contribution is 0.588. The van der Waals surface area contributed by atoms with Crippen LogP contribution in [0.3, 0.4) is 0 Å². The number of benzene rings is 1. The fraction of sp³-hybridized carbons (Fsp3) is 0.214. The van der Waals surface area contributed by atoms with E-state index in [-0.39, 0.29) is 4.90 Å². The number of nitrogens with two attached hydrogens (primary N) is 1. The van der Waals surface area contributed by atoms with E-state index in [0.717, 1.165) is 5.69 Å². The van der Waals surface area contributed by atoms with Crippen LogP contribution in [0.4, 0.5) is 11.4 Å². The van der Waals surface area contributed by atoms with Gasteiger partial charge in [0.15, 0.2) is 0 Å². The van der Waals surface area contributed by atoms with Gasteiger partial charge >= 0.3 is 0 Å². The van der Waals surface area contributed by atoms with E-state index in [2.05, 4.69) is 15.0 Å². The van der Waals surface area contributed by atoms with E-state index in [1.165, 1.54) is 13.1 Å². The number of hydrogen-bond acceptors (Lipinski definition) is 5. The topological polar surface area (TPSA) is 97.1 Å². The van der Waals surface area contributed by atoms with Crippen molar-refractivity contribution in [1.29, 1.82) is 0 Å². The minimum Gasteiger partial charge on any atom is -0.399 e. The van der Waals surface area contributed by atoms with Crippen molar-refractivity contribution in [3.05, 3.63) is 48.3 Å². The molecule has 0 bridgehead atoms. The van der Waals surface area contributed by atoms with E-state index in [9.17, 15) is 8.42 Å². The molecule has 2 rings (SSSR count). The SMILES string of the molecule is CNS(=O)(=O)c1cc(N)ccc1NCCc1ccccn1. The summed E-state index contributed by atoms with van der Waals surface area (Å²) >= 11 is 0. The van der Waals surface area contributed by atoms with Gasteiger partial charge in [0.2, 0.25) is 10.0 Å². The average molecular weight is 306 g/mol. The maximum atomic E-state index is 12.0. The van der Waals surface area contributed by atoms with E-state index in [1.54, 1.807) is 18.3 Å². The van der Waals surface area contributed by atoms with Crippen molar-refractivity contribution < 1.29 is 8.42 Å². The van der Waals surface area contributed by atoms with Crippen LogP contribution in [0.2, 0.25) is 0 Å². The minimum atomic E-state index is -3.55. The first kappa shape index (κ1) is 15.3. The second-order valence-electron chi connectivity index (χ2n) is 4.46. The zero-order chi connectivity index (χ0) is 15.3. The number of anilines is 2. The minimum absolute atomic E-state index is 0.144. The van der Waals surface area contributed by atoms with Crippen LogP contribution in [0.5, 0.6) is 0 Å². The van der Waals surface area contributed by atoms with Gasteiger partial charge in [0, 0.05) is 30.5 Å². The maximum absolute atomic E-state index is 12.0. The summed E-state index contributed by atoms with van der Waals surface area (Å²) in [7, 11) is -2.18. The van der Waals surface area contributed by atoms with Crippen LogP contribution >= 0.6 is 0 Å². The molecule has 0 aliphatic heterocycles. The van der Waals surface area contributed by atoms with Crippen LogP contribution in [0.1, 0.15) is 5.69 Å². The molecule has 0 amide bonds. The Bertz CT molecular complexity index is 702. The number of nitrogen functional groups attached to an aromatic ring is 1. The summed E-state index contributed by atoms with van der Waals surface area (Å²) in [5, 5.41) is 3.11. The Morgan fingerprint density at radius 3 is 2.71 bits per heavy atom. The second-order valence-corrected chi connectivity index (χ2v) is 6.32. The van der Waals surface area contributed by atoms with Crippen molar-refractivity contribution >= 4 is 21.4 Å². The number of nitrogens with zero attached hydrogens (tertiary/aromatic N) is 1. The Morgan fingerprint density at radius 2 is 2.05 bits per heavy atom. The number of hydrogen-bond donors (Lipinski definition) is 3. The molecule has 1 heterocycles. The molecular weight excluding hydrogens is 288 g/mol. The van der Waals surface area contributed by atoms with Gasteiger partial charge in [-0.1, -0.05) is 6.07 Å². The summed E-state index contributed by atoms with van der Waals surface area (Å²) in [6.45, 7) is 0.577. The highest BCUT2D eigenvalue weighted by atomic mass is 32.2. The molecule has 7 heteroatoms. The standard InChI is InChI=1S/C14H18N4O2S/c1-16-21(19,20)14-10-11(15)5-6-13(14)18-9-7-12-4-2-3-8-17-12/h2-6,8,10,16,18H,7,9,15H2,1H3. The molecule has 0 saturated heterocycles. The molecule has 6 nitrogen and oxygen atoms in total. The summed E-state index contributed by atoms with van der Waals surface area (Å²) in [6, 6.07) is 10.5. The molecule has 21 heavy (non-hydrogen) atoms. The van der Waals surface area contributed by atoms with Gasteiger partial charge in [-0.05, 0) is 37.4 Å². The fourth-order valence-corrected chi connectivity index (χ4v) is 2.83. The van der Waals surface area contributed by atoms with Crippen LogP contribution in [0, 0.1) is 0 Å². The third-order valence-corrected chi connectivity index (χ3v) is 4.44. The fourth-order valence-electron chi connectivity index (χ4n) is 1.89. The lowest BCUT2D eigenvalue weighted by atomic mass is 10.2. The van der Waals surface area contributed by atoms with Crippen molar-refractivity contribution in [3.8, 4) is 0 Å².